The van der Waals surface area contributed by atoms with Crippen molar-refractivity contribution in [1.29, 1.82) is 0 Å². The fourth-order valence-electron chi connectivity index (χ4n) is 0.987. The molecule has 0 aliphatic rings. The first-order valence-corrected chi connectivity index (χ1v) is 4.16. The summed E-state index contributed by atoms with van der Waals surface area (Å²) in [5.41, 5.74) is 10.9. The number of aliphatic imine (C=N–C) groups is 1. The molecule has 0 saturated heterocycles. The molecule has 0 heterocycles. The summed E-state index contributed by atoms with van der Waals surface area (Å²) in [6.45, 7) is 1.75. The molecule has 0 bridgehead atoms. The molecule has 1 aromatic rings. The lowest BCUT2D eigenvalue weighted by molar-refractivity contribution is 0.253. The molecule has 0 spiro atoms. The minimum absolute atomic E-state index is 0.0480. The zero-order valence-corrected chi connectivity index (χ0v) is 8.12. The van der Waals surface area contributed by atoms with Crippen molar-refractivity contribution in [2.45, 2.75) is 6.92 Å². The summed E-state index contributed by atoms with van der Waals surface area (Å²) in [6, 6.07) is 3.61. The van der Waals surface area contributed by atoms with Crippen LogP contribution in [0.15, 0.2) is 23.2 Å². The van der Waals surface area contributed by atoms with Gasteiger partial charge >= 0.3 is 6.03 Å². The van der Waals surface area contributed by atoms with E-state index in [0.29, 0.717) is 0 Å². The number of primary amides is 1. The maximum absolute atomic E-state index is 13.2. The third kappa shape index (κ3) is 3.26. The number of nitrogens with one attached hydrogen (secondary N) is 1. The van der Waals surface area contributed by atoms with E-state index in [4.69, 9.17) is 11.5 Å². The Labute approximate surface area is 86.0 Å². The smallest absolute Gasteiger partial charge is 0.318 e. The molecule has 1 rings (SSSR count). The number of urea groups is 1. The Morgan fingerprint density at radius 2 is 2.13 bits per heavy atom. The van der Waals surface area contributed by atoms with Gasteiger partial charge in [0.2, 0.25) is 5.96 Å². The fraction of sp³-hybridized carbons (Fsp3) is 0.111. The van der Waals surface area contributed by atoms with Gasteiger partial charge in [-0.15, -0.1) is 0 Å². The van der Waals surface area contributed by atoms with Gasteiger partial charge in [-0.25, -0.2) is 14.2 Å². The highest BCUT2D eigenvalue weighted by Gasteiger charge is 2.02. The number of guanidine groups is 1. The number of hydrogen-bond acceptors (Lipinski definition) is 2. The molecular formula is C9H11FN4O. The summed E-state index contributed by atoms with van der Waals surface area (Å²) in [5.74, 6) is -0.755. The van der Waals surface area contributed by atoms with E-state index in [0.717, 1.165) is 5.56 Å². The van der Waals surface area contributed by atoms with E-state index in [9.17, 15) is 9.18 Å². The lowest BCUT2D eigenvalue weighted by Gasteiger charge is -2.01. The molecule has 0 fully saturated rings. The average molecular weight is 210 g/mol. The molecular weight excluding hydrogens is 199 g/mol. The quantitative estimate of drug-likeness (QED) is 0.471. The van der Waals surface area contributed by atoms with E-state index in [-0.39, 0.29) is 11.6 Å². The van der Waals surface area contributed by atoms with Gasteiger partial charge in [-0.05, 0) is 24.6 Å². The Morgan fingerprint density at radius 3 is 2.67 bits per heavy atom. The Balaban J connectivity index is 2.92. The largest absolute Gasteiger partial charge is 0.369 e. The molecule has 0 aliphatic carbocycles. The average Bonchev–Trinajstić information content (AvgIpc) is 2.08. The second kappa shape index (κ2) is 4.41. The van der Waals surface area contributed by atoms with Crippen LogP contribution in [-0.2, 0) is 0 Å². The highest BCUT2D eigenvalue weighted by molar-refractivity contribution is 5.95. The van der Waals surface area contributed by atoms with Crippen molar-refractivity contribution in [2.24, 2.45) is 16.5 Å². The Kier molecular flexibility index (Phi) is 3.22. The molecule has 0 saturated carbocycles. The van der Waals surface area contributed by atoms with Gasteiger partial charge in [0.05, 0.1) is 0 Å². The van der Waals surface area contributed by atoms with Crippen LogP contribution in [0.5, 0.6) is 0 Å². The van der Waals surface area contributed by atoms with E-state index in [2.05, 4.69) is 4.99 Å². The number of halogens is 1. The van der Waals surface area contributed by atoms with Gasteiger partial charge in [0.1, 0.15) is 11.5 Å². The standard InChI is InChI=1S/C9H11FN4O/c1-5-2-3-7(6(10)4-5)13-8(11)14-9(12)15/h2-4H,1H3,(H5,11,12,13,14,15). The monoisotopic (exact) mass is 210 g/mol. The predicted molar refractivity (Wildman–Crippen MR) is 55.1 cm³/mol. The van der Waals surface area contributed by atoms with E-state index in [1.807, 2.05) is 5.32 Å². The van der Waals surface area contributed by atoms with Crippen molar-refractivity contribution >= 4 is 17.7 Å². The summed E-state index contributed by atoms with van der Waals surface area (Å²) in [6.07, 6.45) is 0. The van der Waals surface area contributed by atoms with Crippen LogP contribution in [0, 0.1) is 12.7 Å². The number of benzene rings is 1. The van der Waals surface area contributed by atoms with Gasteiger partial charge < -0.3 is 11.5 Å². The number of nitrogens with two attached hydrogens (primary N) is 2. The molecule has 1 aromatic carbocycles. The first-order valence-electron chi connectivity index (χ1n) is 4.16. The number of nitrogens with zero attached hydrogens (tertiary/aromatic N) is 1. The first-order chi connectivity index (χ1) is 6.99. The van der Waals surface area contributed by atoms with E-state index < -0.39 is 11.8 Å². The number of hydrogen-bond donors (Lipinski definition) is 3. The van der Waals surface area contributed by atoms with E-state index in [1.165, 1.54) is 12.1 Å². The third-order valence-corrected chi connectivity index (χ3v) is 1.60. The van der Waals surface area contributed by atoms with Crippen LogP contribution in [-0.4, -0.2) is 12.0 Å². The molecule has 0 radical (unpaired) electrons. The molecule has 6 heteroatoms. The predicted octanol–water partition coefficient (Wildman–Crippen LogP) is 0.749. The first kappa shape index (κ1) is 11.0. The minimum atomic E-state index is -0.844. The summed E-state index contributed by atoms with van der Waals surface area (Å²) in [4.78, 5) is 14.0. The van der Waals surface area contributed by atoms with Gasteiger partial charge in [-0.3, -0.25) is 5.32 Å². The van der Waals surface area contributed by atoms with Crippen molar-refractivity contribution < 1.29 is 9.18 Å². The topological polar surface area (TPSA) is 93.5 Å². The van der Waals surface area contributed by atoms with Crippen molar-refractivity contribution in [3.8, 4) is 0 Å². The van der Waals surface area contributed by atoms with E-state index >= 15 is 0 Å². The van der Waals surface area contributed by atoms with Crippen LogP contribution in [0.1, 0.15) is 5.56 Å². The van der Waals surface area contributed by atoms with Gasteiger partial charge in [0.25, 0.3) is 0 Å². The molecule has 80 valence electrons. The number of carbonyl (C=O) groups is 1. The van der Waals surface area contributed by atoms with Crippen LogP contribution in [0.2, 0.25) is 0 Å². The van der Waals surface area contributed by atoms with Crippen LogP contribution in [0.4, 0.5) is 14.9 Å². The van der Waals surface area contributed by atoms with E-state index in [1.54, 1.807) is 13.0 Å². The third-order valence-electron chi connectivity index (χ3n) is 1.60. The number of rotatable bonds is 1. The molecule has 5 nitrogen and oxygen atoms in total. The Bertz CT molecular complexity index is 417. The maximum Gasteiger partial charge on any atom is 0.318 e. The second-order valence-corrected chi connectivity index (χ2v) is 2.94. The van der Waals surface area contributed by atoms with Crippen LogP contribution >= 0.6 is 0 Å². The molecule has 5 N–H and O–H groups in total. The van der Waals surface area contributed by atoms with Gasteiger partial charge in [0, 0.05) is 0 Å². The van der Waals surface area contributed by atoms with Crippen molar-refractivity contribution in [3.63, 3.8) is 0 Å². The van der Waals surface area contributed by atoms with Crippen molar-refractivity contribution in [1.82, 2.24) is 5.32 Å². The Morgan fingerprint density at radius 1 is 1.47 bits per heavy atom. The fourth-order valence-corrected chi connectivity index (χ4v) is 0.987. The molecule has 0 aliphatic heterocycles. The zero-order chi connectivity index (χ0) is 11.4. The van der Waals surface area contributed by atoms with Crippen molar-refractivity contribution in [2.75, 3.05) is 0 Å². The molecule has 0 unspecified atom stereocenters. The summed E-state index contributed by atoms with van der Waals surface area (Å²) < 4.78 is 13.2. The highest BCUT2D eigenvalue weighted by atomic mass is 19.1. The van der Waals surface area contributed by atoms with Gasteiger partial charge in [-0.2, -0.15) is 0 Å². The van der Waals surface area contributed by atoms with Gasteiger partial charge in [-0.1, -0.05) is 6.07 Å². The lowest BCUT2D eigenvalue weighted by atomic mass is 10.2. The van der Waals surface area contributed by atoms with Crippen LogP contribution in [0.3, 0.4) is 0 Å². The minimum Gasteiger partial charge on any atom is -0.369 e. The Hall–Kier alpha value is -2.11. The zero-order valence-electron chi connectivity index (χ0n) is 8.12. The summed E-state index contributed by atoms with van der Waals surface area (Å²) >= 11 is 0. The normalized spacial score (nSPS) is 11.2. The SMILES string of the molecule is Cc1ccc(N=C(N)NC(N)=O)c(F)c1. The number of amides is 2. The summed E-state index contributed by atoms with van der Waals surface area (Å²) in [7, 11) is 0. The number of aryl methyl sites for hydroxylation is 1. The second-order valence-electron chi connectivity index (χ2n) is 2.94. The molecule has 0 aromatic heterocycles. The van der Waals surface area contributed by atoms with Crippen molar-refractivity contribution in [3.05, 3.63) is 29.6 Å². The number of carbonyl (C=O) groups excluding carboxylic acids is 1. The lowest BCUT2D eigenvalue weighted by Crippen LogP contribution is -2.39. The molecule has 0 atom stereocenters. The van der Waals surface area contributed by atoms with Crippen LogP contribution in [0.25, 0.3) is 0 Å². The highest BCUT2D eigenvalue weighted by Crippen LogP contribution is 2.17. The maximum atomic E-state index is 13.2. The van der Waals surface area contributed by atoms with Crippen LogP contribution < -0.4 is 16.8 Å². The summed E-state index contributed by atoms with van der Waals surface area (Å²) in [5, 5.41) is 2.03. The van der Waals surface area contributed by atoms with Gasteiger partial charge in [0.15, 0.2) is 0 Å². The molecule has 15 heavy (non-hydrogen) atoms. The molecule has 2 amide bonds.